The molecule has 1 amide bonds. The van der Waals surface area contributed by atoms with E-state index in [0.29, 0.717) is 25.9 Å². The second-order valence-electron chi connectivity index (χ2n) is 10.2. The number of hydrogen-bond donors (Lipinski definition) is 1. The summed E-state index contributed by atoms with van der Waals surface area (Å²) in [5.41, 5.74) is 3.66. The van der Waals surface area contributed by atoms with Crippen molar-refractivity contribution in [3.05, 3.63) is 0 Å². The van der Waals surface area contributed by atoms with Crippen molar-refractivity contribution in [2.45, 2.75) is 142 Å². The van der Waals surface area contributed by atoms with Crippen LogP contribution < -0.4 is 5.73 Å². The Labute approximate surface area is 227 Å². The van der Waals surface area contributed by atoms with Crippen molar-refractivity contribution >= 4 is 17.8 Å². The highest BCUT2D eigenvalue weighted by Crippen LogP contribution is 2.12. The van der Waals surface area contributed by atoms with Crippen LogP contribution in [0.4, 0.5) is 0 Å². The lowest BCUT2D eigenvalue weighted by Gasteiger charge is -2.21. The van der Waals surface area contributed by atoms with Crippen LogP contribution >= 0.6 is 0 Å². The van der Waals surface area contributed by atoms with Crippen molar-refractivity contribution in [3.63, 3.8) is 0 Å². The fourth-order valence-corrected chi connectivity index (χ4v) is 4.36. The monoisotopic (exact) mass is 527 g/mol. The molecule has 0 fully saturated rings. The summed E-state index contributed by atoms with van der Waals surface area (Å²) in [6.07, 6.45) is 22.6. The number of carbonyl (C=O) groups is 3. The molecule has 0 unspecified atom stereocenters. The lowest BCUT2D eigenvalue weighted by atomic mass is 10.1. The van der Waals surface area contributed by atoms with E-state index in [1.807, 2.05) is 0 Å². The minimum atomic E-state index is -0.211. The molecule has 0 spiro atoms. The van der Waals surface area contributed by atoms with Gasteiger partial charge in [0.05, 0.1) is 13.1 Å². The maximum Gasteiger partial charge on any atom is 0.305 e. The normalized spacial score (nSPS) is 10.9. The number of amides is 1. The van der Waals surface area contributed by atoms with E-state index in [4.69, 9.17) is 9.47 Å². The standard InChI is InChI=1S/C30H58N2O5/c1-3-5-7-9-11-13-15-17-19-21-29(34)36-25-23-32(28(33)27-31)24-26-37-30(35)22-20-18-16-14-12-10-8-6-4-2/h3-27,31H2,1-2H3/p+1. The van der Waals surface area contributed by atoms with E-state index in [2.05, 4.69) is 19.6 Å². The Morgan fingerprint density at radius 1 is 0.541 bits per heavy atom. The molecule has 0 aliphatic rings. The van der Waals surface area contributed by atoms with Crippen LogP contribution in [-0.2, 0) is 23.9 Å². The molecule has 0 aliphatic heterocycles. The van der Waals surface area contributed by atoms with Gasteiger partial charge in [-0.2, -0.15) is 0 Å². The number of quaternary nitrogens is 1. The van der Waals surface area contributed by atoms with Gasteiger partial charge in [-0.15, -0.1) is 0 Å². The average molecular weight is 528 g/mol. The van der Waals surface area contributed by atoms with E-state index in [1.165, 1.54) is 89.9 Å². The fraction of sp³-hybridized carbons (Fsp3) is 0.900. The summed E-state index contributed by atoms with van der Waals surface area (Å²) in [5.74, 6) is -0.556. The smallest absolute Gasteiger partial charge is 0.305 e. The molecule has 0 atom stereocenters. The molecule has 37 heavy (non-hydrogen) atoms. The third-order valence-corrected chi connectivity index (χ3v) is 6.78. The number of unbranched alkanes of at least 4 members (excludes halogenated alkanes) is 16. The summed E-state index contributed by atoms with van der Waals surface area (Å²) in [6.45, 7) is 5.50. The first kappa shape index (κ1) is 35.4. The first-order valence-electron chi connectivity index (χ1n) is 15.4. The van der Waals surface area contributed by atoms with Crippen LogP contribution in [0.25, 0.3) is 0 Å². The van der Waals surface area contributed by atoms with Crippen LogP contribution in [0.5, 0.6) is 0 Å². The molecule has 0 aromatic carbocycles. The molecule has 0 aliphatic carbocycles. The second kappa shape index (κ2) is 27.4. The first-order valence-corrected chi connectivity index (χ1v) is 15.4. The van der Waals surface area contributed by atoms with Crippen molar-refractivity contribution in [1.82, 2.24) is 4.90 Å². The van der Waals surface area contributed by atoms with E-state index in [-0.39, 0.29) is 37.6 Å². The minimum Gasteiger partial charge on any atom is -0.464 e. The molecule has 0 radical (unpaired) electrons. The van der Waals surface area contributed by atoms with Crippen molar-refractivity contribution in [1.29, 1.82) is 0 Å². The summed E-state index contributed by atoms with van der Waals surface area (Å²) in [6, 6.07) is 0. The van der Waals surface area contributed by atoms with E-state index in [0.717, 1.165) is 25.7 Å². The summed E-state index contributed by atoms with van der Waals surface area (Å²) in [5, 5.41) is 0. The van der Waals surface area contributed by atoms with Gasteiger partial charge < -0.3 is 20.1 Å². The summed E-state index contributed by atoms with van der Waals surface area (Å²) in [4.78, 5) is 37.7. The highest BCUT2D eigenvalue weighted by molar-refractivity contribution is 5.77. The lowest BCUT2D eigenvalue weighted by molar-refractivity contribution is -0.357. The van der Waals surface area contributed by atoms with Crippen LogP contribution in [0.1, 0.15) is 142 Å². The van der Waals surface area contributed by atoms with Crippen LogP contribution in [0.15, 0.2) is 0 Å². The van der Waals surface area contributed by atoms with Gasteiger partial charge in [-0.25, -0.2) is 0 Å². The molecule has 0 saturated heterocycles. The number of esters is 2. The molecular weight excluding hydrogens is 468 g/mol. The molecule has 7 nitrogen and oxygen atoms in total. The predicted octanol–water partition coefficient (Wildman–Crippen LogP) is 5.99. The molecule has 0 bridgehead atoms. The molecule has 0 heterocycles. The van der Waals surface area contributed by atoms with Crippen molar-refractivity contribution in [2.75, 3.05) is 32.8 Å². The van der Waals surface area contributed by atoms with E-state index in [1.54, 1.807) is 4.90 Å². The maximum atomic E-state index is 12.2. The third-order valence-electron chi connectivity index (χ3n) is 6.78. The van der Waals surface area contributed by atoms with Crippen LogP contribution in [0.3, 0.4) is 0 Å². The largest absolute Gasteiger partial charge is 0.464 e. The topological polar surface area (TPSA) is 101 Å². The minimum absolute atomic E-state index is 0.124. The van der Waals surface area contributed by atoms with Crippen LogP contribution in [0, 0.1) is 0 Å². The molecule has 0 rings (SSSR count). The molecule has 0 saturated carbocycles. The van der Waals surface area contributed by atoms with Gasteiger partial charge in [0.15, 0.2) is 6.54 Å². The Morgan fingerprint density at radius 3 is 1.19 bits per heavy atom. The maximum absolute atomic E-state index is 12.2. The lowest BCUT2D eigenvalue weighted by Crippen LogP contribution is -2.58. The molecule has 218 valence electrons. The van der Waals surface area contributed by atoms with Crippen molar-refractivity contribution in [3.8, 4) is 0 Å². The third kappa shape index (κ3) is 24.5. The Morgan fingerprint density at radius 2 is 0.865 bits per heavy atom. The molecule has 7 heteroatoms. The van der Waals surface area contributed by atoms with Gasteiger partial charge in [-0.3, -0.25) is 14.4 Å². The molecule has 3 N–H and O–H groups in total. The predicted molar refractivity (Wildman–Crippen MR) is 150 cm³/mol. The first-order chi connectivity index (χ1) is 18.0. The molecule has 0 aromatic rings. The van der Waals surface area contributed by atoms with Crippen molar-refractivity contribution < 1.29 is 29.6 Å². The zero-order valence-corrected chi connectivity index (χ0v) is 24.4. The van der Waals surface area contributed by atoms with Gasteiger partial charge in [-0.05, 0) is 12.8 Å². The number of rotatable bonds is 27. The van der Waals surface area contributed by atoms with E-state index in [9.17, 15) is 14.4 Å². The Bertz CT molecular complexity index is 516. The summed E-state index contributed by atoms with van der Waals surface area (Å²) < 4.78 is 10.6. The van der Waals surface area contributed by atoms with Gasteiger partial charge in [0.1, 0.15) is 13.2 Å². The van der Waals surface area contributed by atoms with Crippen LogP contribution in [0.2, 0.25) is 0 Å². The Kier molecular flexibility index (Phi) is 26.2. The van der Waals surface area contributed by atoms with E-state index >= 15 is 0 Å². The average Bonchev–Trinajstić information content (AvgIpc) is 2.89. The van der Waals surface area contributed by atoms with Gasteiger partial charge >= 0.3 is 11.9 Å². The fourth-order valence-electron chi connectivity index (χ4n) is 4.36. The van der Waals surface area contributed by atoms with Gasteiger partial charge in [0.25, 0.3) is 5.91 Å². The second-order valence-corrected chi connectivity index (χ2v) is 10.2. The summed E-state index contributed by atoms with van der Waals surface area (Å²) >= 11 is 0. The number of carbonyl (C=O) groups excluding carboxylic acids is 3. The molecule has 0 aromatic heterocycles. The quantitative estimate of drug-likeness (QED) is 0.105. The number of nitrogens with zero attached hydrogens (tertiary/aromatic N) is 1. The molecular formula is C30H59N2O5+. The number of hydrogen-bond acceptors (Lipinski definition) is 5. The SMILES string of the molecule is CCCCCCCCCCCC(=O)OCCN(CCOC(=O)CCCCCCCCCCC)C(=O)C[NH3+]. The van der Waals surface area contributed by atoms with E-state index < -0.39 is 0 Å². The van der Waals surface area contributed by atoms with Crippen LogP contribution in [-0.4, -0.2) is 55.6 Å². The highest BCUT2D eigenvalue weighted by atomic mass is 16.5. The Balaban J connectivity index is 3.82. The van der Waals surface area contributed by atoms with Gasteiger partial charge in [0, 0.05) is 12.8 Å². The summed E-state index contributed by atoms with van der Waals surface area (Å²) in [7, 11) is 0. The van der Waals surface area contributed by atoms with Gasteiger partial charge in [0.2, 0.25) is 0 Å². The Hall–Kier alpha value is -1.63. The zero-order valence-electron chi connectivity index (χ0n) is 24.4. The number of ether oxygens (including phenoxy) is 2. The zero-order chi connectivity index (χ0) is 27.4. The highest BCUT2D eigenvalue weighted by Gasteiger charge is 2.15. The van der Waals surface area contributed by atoms with Gasteiger partial charge in [-0.1, -0.05) is 117 Å². The van der Waals surface area contributed by atoms with Crippen molar-refractivity contribution in [2.24, 2.45) is 0 Å².